The van der Waals surface area contributed by atoms with Gasteiger partial charge in [-0.15, -0.1) is 0 Å². The minimum Gasteiger partial charge on any atom is -0.339 e. The van der Waals surface area contributed by atoms with Crippen LogP contribution < -0.4 is 0 Å². The maximum atomic E-state index is 8.97. The smallest absolute Gasteiger partial charge is 0.231 e. The van der Waals surface area contributed by atoms with Crippen LogP contribution in [0.5, 0.6) is 0 Å². The summed E-state index contributed by atoms with van der Waals surface area (Å²) in [5.41, 5.74) is 3.83. The average Bonchev–Trinajstić information content (AvgIpc) is 3.36. The van der Waals surface area contributed by atoms with Gasteiger partial charge in [0.05, 0.1) is 23.2 Å². The second kappa shape index (κ2) is 6.73. The number of nitrogens with zero attached hydrogens (tertiary/aromatic N) is 6. The van der Waals surface area contributed by atoms with Crippen molar-refractivity contribution in [3.05, 3.63) is 53.3 Å². The third-order valence-corrected chi connectivity index (χ3v) is 4.75. The van der Waals surface area contributed by atoms with Crippen molar-refractivity contribution in [3.8, 4) is 17.3 Å². The van der Waals surface area contributed by atoms with E-state index in [9.17, 15) is 0 Å². The van der Waals surface area contributed by atoms with Gasteiger partial charge in [0.25, 0.3) is 0 Å². The van der Waals surface area contributed by atoms with E-state index in [1.165, 1.54) is 5.56 Å². The second-order valence-corrected chi connectivity index (χ2v) is 6.77. The minimum absolute atomic E-state index is 0.297. The van der Waals surface area contributed by atoms with Gasteiger partial charge in [-0.2, -0.15) is 15.3 Å². The summed E-state index contributed by atoms with van der Waals surface area (Å²) in [4.78, 5) is 6.77. The Labute approximate surface area is 151 Å². The van der Waals surface area contributed by atoms with Crippen LogP contribution in [0, 0.1) is 18.3 Å². The van der Waals surface area contributed by atoms with Gasteiger partial charge >= 0.3 is 0 Å². The van der Waals surface area contributed by atoms with Crippen molar-refractivity contribution in [2.75, 3.05) is 13.1 Å². The first-order valence-corrected chi connectivity index (χ1v) is 8.68. The van der Waals surface area contributed by atoms with Crippen LogP contribution in [0.4, 0.5) is 0 Å². The van der Waals surface area contributed by atoms with Crippen molar-refractivity contribution in [1.82, 2.24) is 24.8 Å². The molecular weight excluding hydrogens is 328 g/mol. The number of aryl methyl sites for hydroxylation is 2. The molecule has 7 nitrogen and oxygen atoms in total. The third kappa shape index (κ3) is 3.24. The molecule has 26 heavy (non-hydrogen) atoms. The fraction of sp³-hybridized carbons (Fsp3) is 0.368. The highest BCUT2D eigenvalue weighted by Gasteiger charge is 2.28. The molecule has 0 spiro atoms. The van der Waals surface area contributed by atoms with Gasteiger partial charge in [-0.1, -0.05) is 17.3 Å². The molecule has 0 aliphatic carbocycles. The zero-order valence-electron chi connectivity index (χ0n) is 14.9. The molecule has 1 fully saturated rings. The van der Waals surface area contributed by atoms with Crippen molar-refractivity contribution in [2.45, 2.75) is 25.8 Å². The van der Waals surface area contributed by atoms with E-state index in [1.54, 1.807) is 0 Å². The normalized spacial score (nSPS) is 17.5. The summed E-state index contributed by atoms with van der Waals surface area (Å²) in [6.07, 6.45) is 3.09. The van der Waals surface area contributed by atoms with E-state index in [2.05, 4.69) is 32.4 Å². The summed E-state index contributed by atoms with van der Waals surface area (Å²) in [7, 11) is 1.94. The van der Waals surface area contributed by atoms with E-state index in [1.807, 2.05) is 42.9 Å². The van der Waals surface area contributed by atoms with Gasteiger partial charge in [0.15, 0.2) is 5.82 Å². The zero-order valence-corrected chi connectivity index (χ0v) is 14.9. The summed E-state index contributed by atoms with van der Waals surface area (Å²) >= 11 is 0. The summed E-state index contributed by atoms with van der Waals surface area (Å²) in [6.45, 7) is 4.57. The van der Waals surface area contributed by atoms with Crippen LogP contribution in [-0.2, 0) is 13.6 Å². The van der Waals surface area contributed by atoms with Crippen LogP contribution in [0.25, 0.3) is 11.3 Å². The lowest BCUT2D eigenvalue weighted by molar-refractivity contribution is 0.309. The van der Waals surface area contributed by atoms with Gasteiger partial charge in [-0.3, -0.25) is 9.58 Å². The number of nitriles is 1. The first-order valence-electron chi connectivity index (χ1n) is 8.68. The van der Waals surface area contributed by atoms with Gasteiger partial charge in [0.2, 0.25) is 5.89 Å². The fourth-order valence-corrected chi connectivity index (χ4v) is 3.50. The maximum absolute atomic E-state index is 8.97. The molecule has 3 heterocycles. The summed E-state index contributed by atoms with van der Waals surface area (Å²) in [6, 6.07) is 9.73. The Hall–Kier alpha value is -2.98. The van der Waals surface area contributed by atoms with Crippen molar-refractivity contribution < 1.29 is 4.52 Å². The van der Waals surface area contributed by atoms with Crippen LogP contribution in [0.3, 0.4) is 0 Å². The molecule has 0 N–H and O–H groups in total. The minimum atomic E-state index is 0.297. The molecule has 3 aromatic rings. The Bertz CT molecular complexity index is 949. The van der Waals surface area contributed by atoms with E-state index in [4.69, 9.17) is 9.78 Å². The average molecular weight is 348 g/mol. The van der Waals surface area contributed by atoms with Crippen LogP contribution in [0.2, 0.25) is 0 Å². The lowest BCUT2D eigenvalue weighted by atomic mass is 10.1. The number of hydrogen-bond acceptors (Lipinski definition) is 6. The van der Waals surface area contributed by atoms with Crippen LogP contribution >= 0.6 is 0 Å². The topological polar surface area (TPSA) is 83.8 Å². The molecule has 132 valence electrons. The quantitative estimate of drug-likeness (QED) is 0.721. The van der Waals surface area contributed by atoms with E-state index >= 15 is 0 Å². The Balaban J connectivity index is 1.51. The Morgan fingerprint density at radius 3 is 2.81 bits per heavy atom. The molecule has 0 radical (unpaired) electrons. The van der Waals surface area contributed by atoms with E-state index in [-0.39, 0.29) is 0 Å². The van der Waals surface area contributed by atoms with E-state index in [0.717, 1.165) is 43.2 Å². The summed E-state index contributed by atoms with van der Waals surface area (Å²) < 4.78 is 7.18. The monoisotopic (exact) mass is 348 g/mol. The number of rotatable bonds is 4. The van der Waals surface area contributed by atoms with Crippen LogP contribution in [0.1, 0.15) is 35.2 Å². The van der Waals surface area contributed by atoms with Crippen molar-refractivity contribution >= 4 is 0 Å². The molecule has 1 saturated heterocycles. The highest BCUT2D eigenvalue weighted by atomic mass is 16.5. The lowest BCUT2D eigenvalue weighted by Gasteiger charge is -2.15. The van der Waals surface area contributed by atoms with Gasteiger partial charge in [0.1, 0.15) is 0 Å². The van der Waals surface area contributed by atoms with Gasteiger partial charge in [0, 0.05) is 37.5 Å². The summed E-state index contributed by atoms with van der Waals surface area (Å²) in [5.74, 6) is 1.73. The predicted octanol–water partition coefficient (Wildman–Crippen LogP) is 2.64. The van der Waals surface area contributed by atoms with Crippen molar-refractivity contribution in [1.29, 1.82) is 5.26 Å². The van der Waals surface area contributed by atoms with Gasteiger partial charge in [-0.05, 0) is 32.0 Å². The largest absolute Gasteiger partial charge is 0.339 e. The Morgan fingerprint density at radius 1 is 1.31 bits per heavy atom. The molecule has 0 bridgehead atoms. The highest BCUT2D eigenvalue weighted by Crippen LogP contribution is 2.29. The first kappa shape index (κ1) is 16.5. The molecule has 0 unspecified atom stereocenters. The predicted molar refractivity (Wildman–Crippen MR) is 95.0 cm³/mol. The molecule has 0 amide bonds. The van der Waals surface area contributed by atoms with Gasteiger partial charge in [-0.25, -0.2) is 0 Å². The maximum Gasteiger partial charge on any atom is 0.231 e. The van der Waals surface area contributed by atoms with E-state index < -0.39 is 0 Å². The molecular formula is C19H20N6O. The molecule has 4 rings (SSSR count). The third-order valence-electron chi connectivity index (χ3n) is 4.75. The number of aromatic nitrogens is 4. The number of benzene rings is 1. The van der Waals surface area contributed by atoms with Gasteiger partial charge < -0.3 is 4.52 Å². The molecule has 1 atom stereocenters. The lowest BCUT2D eigenvalue weighted by Crippen LogP contribution is -2.20. The number of likely N-dealkylation sites (tertiary alicyclic amines) is 1. The molecule has 1 aliphatic heterocycles. The highest BCUT2D eigenvalue weighted by molar-refractivity contribution is 5.63. The molecule has 7 heteroatoms. The van der Waals surface area contributed by atoms with E-state index in [0.29, 0.717) is 17.3 Å². The van der Waals surface area contributed by atoms with Crippen molar-refractivity contribution in [3.63, 3.8) is 0 Å². The number of hydrogen-bond donors (Lipinski definition) is 0. The Kier molecular flexibility index (Phi) is 4.27. The SMILES string of the molecule is Cc1noc([C@H]2CCN(Cc3cn(C)nc3-c3ccc(C#N)cc3)C2)n1. The van der Waals surface area contributed by atoms with Crippen LogP contribution in [-0.4, -0.2) is 37.9 Å². The Morgan fingerprint density at radius 2 is 2.12 bits per heavy atom. The second-order valence-electron chi connectivity index (χ2n) is 6.77. The zero-order chi connectivity index (χ0) is 18.1. The summed E-state index contributed by atoms with van der Waals surface area (Å²) in [5, 5.41) is 17.5. The molecule has 2 aromatic heterocycles. The molecule has 1 aromatic carbocycles. The molecule has 1 aliphatic rings. The standard InChI is InChI=1S/C19H20N6O/c1-13-21-19(26-23-13)16-7-8-25(11-16)12-17-10-24(2)22-18(17)15-5-3-14(9-20)4-6-15/h3-6,10,16H,7-8,11-12H2,1-2H3/t16-/m0/s1. The van der Waals surface area contributed by atoms with Crippen LogP contribution in [0.15, 0.2) is 35.0 Å². The fourth-order valence-electron chi connectivity index (χ4n) is 3.50. The molecule has 0 saturated carbocycles. The van der Waals surface area contributed by atoms with Crippen molar-refractivity contribution in [2.24, 2.45) is 7.05 Å². The first-order chi connectivity index (χ1) is 12.6.